The van der Waals surface area contributed by atoms with Gasteiger partial charge < -0.3 is 16.0 Å². The van der Waals surface area contributed by atoms with Crippen molar-refractivity contribution < 1.29 is 0 Å². The molecule has 4 N–H and O–H groups in total. The number of anilines is 3. The van der Waals surface area contributed by atoms with Crippen LogP contribution in [0.15, 0.2) is 64.2 Å². The number of thiocarbonyl (C=S) groups is 1. The third-order valence-electron chi connectivity index (χ3n) is 4.66. The highest BCUT2D eigenvalue weighted by atomic mass is 32.1. The molecule has 8 heteroatoms. The second-order valence-electron chi connectivity index (χ2n) is 7.01. The van der Waals surface area contributed by atoms with Crippen molar-refractivity contribution in [2.24, 2.45) is 0 Å². The van der Waals surface area contributed by atoms with E-state index in [4.69, 9.17) is 18.0 Å². The van der Waals surface area contributed by atoms with Gasteiger partial charge in [-0.1, -0.05) is 55.0 Å². The van der Waals surface area contributed by atoms with Crippen LogP contribution in [-0.4, -0.2) is 21.2 Å². The molecular weight excluding hydrogens is 398 g/mol. The third kappa shape index (κ3) is 4.77. The molecule has 0 aliphatic carbocycles. The second-order valence-corrected chi connectivity index (χ2v) is 7.40. The summed E-state index contributed by atoms with van der Waals surface area (Å²) in [7, 11) is 0. The summed E-state index contributed by atoms with van der Waals surface area (Å²) in [4.78, 5) is 29.2. The Morgan fingerprint density at radius 3 is 2.43 bits per heavy atom. The third-order valence-corrected chi connectivity index (χ3v) is 4.99. The van der Waals surface area contributed by atoms with Gasteiger partial charge in [0, 0.05) is 12.2 Å². The van der Waals surface area contributed by atoms with Gasteiger partial charge >= 0.3 is 5.69 Å². The summed E-state index contributed by atoms with van der Waals surface area (Å²) < 4.78 is 1.35. The number of hydrogen-bond acceptors (Lipinski definition) is 4. The van der Waals surface area contributed by atoms with E-state index in [1.165, 1.54) is 4.57 Å². The van der Waals surface area contributed by atoms with E-state index in [-0.39, 0.29) is 18.1 Å². The molecule has 1 heterocycles. The number of hydrogen-bond donors (Lipinski definition) is 3. The summed E-state index contributed by atoms with van der Waals surface area (Å²) in [6.45, 7) is 4.69. The van der Waals surface area contributed by atoms with Gasteiger partial charge in [-0.2, -0.15) is 0 Å². The highest BCUT2D eigenvalue weighted by Crippen LogP contribution is 2.20. The van der Waals surface area contributed by atoms with E-state index in [2.05, 4.69) is 10.3 Å². The molecule has 156 valence electrons. The van der Waals surface area contributed by atoms with Crippen molar-refractivity contribution in [2.45, 2.75) is 26.8 Å². The van der Waals surface area contributed by atoms with Crippen LogP contribution in [0.2, 0.25) is 0 Å². The molecule has 3 rings (SSSR count). The van der Waals surface area contributed by atoms with Crippen molar-refractivity contribution in [2.75, 3.05) is 22.5 Å². The molecule has 7 nitrogen and oxygen atoms in total. The minimum atomic E-state index is -0.566. The fourth-order valence-corrected chi connectivity index (χ4v) is 3.43. The molecule has 2 aromatic carbocycles. The average Bonchev–Trinajstić information content (AvgIpc) is 2.73. The number of nitrogens with one attached hydrogen (secondary N) is 2. The number of nitrogens with two attached hydrogens (primary N) is 1. The lowest BCUT2D eigenvalue weighted by atomic mass is 10.2. The summed E-state index contributed by atoms with van der Waals surface area (Å²) in [6.07, 6.45) is 0.729. The van der Waals surface area contributed by atoms with Crippen LogP contribution in [0.4, 0.5) is 17.2 Å². The van der Waals surface area contributed by atoms with Gasteiger partial charge in [-0.05, 0) is 43.3 Å². The van der Waals surface area contributed by atoms with Crippen LogP contribution in [0, 0.1) is 6.92 Å². The maximum absolute atomic E-state index is 12.7. The van der Waals surface area contributed by atoms with Gasteiger partial charge in [-0.15, -0.1) is 0 Å². The van der Waals surface area contributed by atoms with Gasteiger partial charge in [-0.25, -0.2) is 4.79 Å². The van der Waals surface area contributed by atoms with Crippen molar-refractivity contribution in [3.8, 4) is 0 Å². The van der Waals surface area contributed by atoms with Crippen LogP contribution < -0.4 is 27.2 Å². The maximum atomic E-state index is 12.7. The fourth-order valence-electron chi connectivity index (χ4n) is 3.13. The van der Waals surface area contributed by atoms with E-state index in [0.29, 0.717) is 11.7 Å². The zero-order valence-corrected chi connectivity index (χ0v) is 17.8. The Kier molecular flexibility index (Phi) is 6.68. The number of aryl methyl sites for hydroxylation is 1. The first-order chi connectivity index (χ1) is 14.4. The molecule has 0 aliphatic rings. The standard InChI is InChI=1S/C22H25N5O2S/c1-3-13-26(22(30)24-17-11-9-15(2)10-12-17)18-19(23)27(21(29)25-20(18)28)14-16-7-5-4-6-8-16/h4-12H,3,13-14,23H2,1-2H3,(H,24,30)(H,25,28,29). The molecule has 0 unspecified atom stereocenters. The van der Waals surface area contributed by atoms with E-state index < -0.39 is 11.2 Å². The van der Waals surface area contributed by atoms with Gasteiger partial charge in [-0.3, -0.25) is 14.3 Å². The van der Waals surface area contributed by atoms with E-state index in [9.17, 15) is 9.59 Å². The first kappa shape index (κ1) is 21.3. The number of aromatic nitrogens is 2. The Morgan fingerprint density at radius 1 is 1.13 bits per heavy atom. The number of rotatable bonds is 6. The van der Waals surface area contributed by atoms with Gasteiger partial charge in [0.2, 0.25) is 0 Å². The van der Waals surface area contributed by atoms with Gasteiger partial charge in [0.1, 0.15) is 5.82 Å². The maximum Gasteiger partial charge on any atom is 0.330 e. The first-order valence-corrected chi connectivity index (χ1v) is 10.1. The summed E-state index contributed by atoms with van der Waals surface area (Å²) in [5.41, 5.74) is 8.20. The summed E-state index contributed by atoms with van der Waals surface area (Å²) in [5.74, 6) is 0.0779. The minimum Gasteiger partial charge on any atom is -0.383 e. The van der Waals surface area contributed by atoms with E-state index in [1.807, 2.05) is 68.4 Å². The molecule has 1 aromatic heterocycles. The Labute approximate surface area is 180 Å². The predicted molar refractivity (Wildman–Crippen MR) is 126 cm³/mol. The molecule has 0 fully saturated rings. The highest BCUT2D eigenvalue weighted by Gasteiger charge is 2.22. The molecule has 0 spiro atoms. The van der Waals surface area contributed by atoms with Crippen LogP contribution in [0.25, 0.3) is 0 Å². The lowest BCUT2D eigenvalue weighted by Gasteiger charge is -2.26. The number of nitrogens with zero attached hydrogens (tertiary/aromatic N) is 2. The summed E-state index contributed by atoms with van der Waals surface area (Å²) in [6, 6.07) is 17.2. The molecule has 0 amide bonds. The number of aromatic amines is 1. The summed E-state index contributed by atoms with van der Waals surface area (Å²) >= 11 is 5.58. The van der Waals surface area contributed by atoms with E-state index >= 15 is 0 Å². The van der Waals surface area contributed by atoms with Crippen molar-refractivity contribution in [3.63, 3.8) is 0 Å². The van der Waals surface area contributed by atoms with Crippen LogP contribution >= 0.6 is 12.2 Å². The van der Waals surface area contributed by atoms with Gasteiger partial charge in [0.05, 0.1) is 6.54 Å². The number of H-pyrrole nitrogens is 1. The van der Waals surface area contributed by atoms with Crippen LogP contribution in [0.5, 0.6) is 0 Å². The molecule has 0 atom stereocenters. The quantitative estimate of drug-likeness (QED) is 0.527. The van der Waals surface area contributed by atoms with E-state index in [0.717, 1.165) is 23.2 Å². The fraction of sp³-hybridized carbons (Fsp3) is 0.227. The van der Waals surface area contributed by atoms with Crippen LogP contribution in [0.3, 0.4) is 0 Å². The summed E-state index contributed by atoms with van der Waals surface area (Å²) in [5, 5.41) is 3.49. The largest absolute Gasteiger partial charge is 0.383 e. The molecular formula is C22H25N5O2S. The van der Waals surface area contributed by atoms with Crippen molar-refractivity contribution in [1.82, 2.24) is 9.55 Å². The first-order valence-electron chi connectivity index (χ1n) is 9.72. The van der Waals surface area contributed by atoms with Crippen molar-refractivity contribution in [3.05, 3.63) is 86.6 Å². The topological polar surface area (TPSA) is 96.2 Å². The highest BCUT2D eigenvalue weighted by molar-refractivity contribution is 7.80. The molecule has 0 saturated heterocycles. The van der Waals surface area contributed by atoms with Crippen LogP contribution in [0.1, 0.15) is 24.5 Å². The molecule has 0 radical (unpaired) electrons. The lowest BCUT2D eigenvalue weighted by molar-refractivity contribution is 0.728. The predicted octanol–water partition coefficient (Wildman–Crippen LogP) is 3.09. The SMILES string of the molecule is CCCN(C(=S)Nc1ccc(C)cc1)c1c(N)n(Cc2ccccc2)c(=O)[nH]c1=O. The molecule has 30 heavy (non-hydrogen) atoms. The number of benzene rings is 2. The lowest BCUT2D eigenvalue weighted by Crippen LogP contribution is -2.43. The van der Waals surface area contributed by atoms with Gasteiger partial charge in [0.15, 0.2) is 10.8 Å². The smallest absolute Gasteiger partial charge is 0.330 e. The molecule has 3 aromatic rings. The molecule has 0 aliphatic heterocycles. The zero-order valence-electron chi connectivity index (χ0n) is 17.0. The average molecular weight is 424 g/mol. The van der Waals surface area contributed by atoms with Gasteiger partial charge in [0.25, 0.3) is 5.56 Å². The Bertz CT molecular complexity index is 1140. The van der Waals surface area contributed by atoms with E-state index in [1.54, 1.807) is 4.90 Å². The Morgan fingerprint density at radius 2 is 1.80 bits per heavy atom. The molecule has 0 saturated carbocycles. The van der Waals surface area contributed by atoms with Crippen LogP contribution in [-0.2, 0) is 6.54 Å². The van der Waals surface area contributed by atoms with Crippen molar-refractivity contribution >= 4 is 34.5 Å². The normalized spacial score (nSPS) is 10.6. The monoisotopic (exact) mass is 423 g/mol. The second kappa shape index (κ2) is 9.41. The molecule has 0 bridgehead atoms. The Balaban J connectivity index is 2.00. The number of nitrogen functional groups attached to an aromatic ring is 1. The zero-order chi connectivity index (χ0) is 21.7. The Hall–Kier alpha value is -3.39. The minimum absolute atomic E-state index is 0.0779. The van der Waals surface area contributed by atoms with Crippen molar-refractivity contribution in [1.29, 1.82) is 0 Å².